The number of Topliss-reactive ketones (excluding diaryl/α,β-unsaturated/α-hetero) is 3. The Morgan fingerprint density at radius 2 is 1.44 bits per heavy atom. The minimum atomic E-state index is -1.67. The molecular weight excluding hydrogens is 453 g/mol. The highest BCUT2D eigenvalue weighted by molar-refractivity contribution is 6.32. The molecule has 180 valence electrons. The van der Waals surface area contributed by atoms with Crippen LogP contribution in [0.4, 0.5) is 10.1 Å². The average molecular weight is 480 g/mol. The number of nitrogens with zero attached hydrogens (tertiary/aromatic N) is 1. The van der Waals surface area contributed by atoms with Gasteiger partial charge >= 0.3 is 0 Å². The van der Waals surface area contributed by atoms with E-state index in [4.69, 9.17) is 0 Å². The molecule has 0 unspecified atom stereocenters. The number of fused-ring (bicyclic) bond motifs is 5. The van der Waals surface area contributed by atoms with Gasteiger partial charge in [-0.3, -0.25) is 14.4 Å². The van der Waals surface area contributed by atoms with E-state index in [0.29, 0.717) is 11.1 Å². The van der Waals surface area contributed by atoms with Crippen molar-refractivity contribution in [2.24, 2.45) is 10.8 Å². The van der Waals surface area contributed by atoms with Crippen LogP contribution < -0.4 is 4.90 Å². The predicted octanol–water partition coefficient (Wildman–Crippen LogP) is 5.87. The molecule has 3 atom stereocenters. The second-order valence-corrected chi connectivity index (χ2v) is 10.9. The normalized spacial score (nSPS) is 23.6. The summed E-state index contributed by atoms with van der Waals surface area (Å²) in [5.74, 6) is -2.36. The van der Waals surface area contributed by atoms with Gasteiger partial charge in [0.1, 0.15) is 11.2 Å². The van der Waals surface area contributed by atoms with Crippen LogP contribution in [0.15, 0.2) is 78.9 Å². The molecule has 2 heterocycles. The molecule has 1 fully saturated rings. The second kappa shape index (κ2) is 7.57. The van der Waals surface area contributed by atoms with Crippen LogP contribution in [-0.2, 0) is 4.79 Å². The molecule has 5 heteroatoms. The molecule has 4 nitrogen and oxygen atoms in total. The van der Waals surface area contributed by atoms with Crippen LogP contribution in [0.25, 0.3) is 6.08 Å². The fourth-order valence-corrected chi connectivity index (χ4v) is 6.43. The first-order valence-corrected chi connectivity index (χ1v) is 12.2. The molecule has 3 aliphatic rings. The van der Waals surface area contributed by atoms with E-state index in [1.165, 1.54) is 6.07 Å². The van der Waals surface area contributed by atoms with Crippen LogP contribution in [-0.4, -0.2) is 29.4 Å². The van der Waals surface area contributed by atoms with Crippen LogP contribution in [0.1, 0.15) is 58.5 Å². The monoisotopic (exact) mass is 479 g/mol. The van der Waals surface area contributed by atoms with Crippen LogP contribution in [0.2, 0.25) is 0 Å². The lowest BCUT2D eigenvalue weighted by Crippen LogP contribution is -2.49. The summed E-state index contributed by atoms with van der Waals surface area (Å²) >= 11 is 0. The number of carbonyl (C=O) groups is 3. The highest BCUT2D eigenvalue weighted by atomic mass is 19.1. The quantitative estimate of drug-likeness (QED) is 0.431. The molecule has 0 aromatic heterocycles. The molecule has 3 aromatic rings. The van der Waals surface area contributed by atoms with Crippen molar-refractivity contribution in [1.29, 1.82) is 0 Å². The fraction of sp³-hybridized carbons (Fsp3) is 0.258. The largest absolute Gasteiger partial charge is 0.352 e. The summed E-state index contributed by atoms with van der Waals surface area (Å²) in [6.45, 7) is 5.48. The summed E-state index contributed by atoms with van der Waals surface area (Å²) in [5, 5.41) is 0. The zero-order valence-corrected chi connectivity index (χ0v) is 20.4. The van der Waals surface area contributed by atoms with Crippen molar-refractivity contribution in [1.82, 2.24) is 0 Å². The smallest absolute Gasteiger partial charge is 0.180 e. The van der Waals surface area contributed by atoms with E-state index < -0.39 is 34.6 Å². The minimum Gasteiger partial charge on any atom is -0.352 e. The Hall–Kier alpha value is -3.86. The Bertz CT molecular complexity index is 1450. The first-order valence-electron chi connectivity index (χ1n) is 12.2. The zero-order chi connectivity index (χ0) is 25.4. The molecule has 2 aliphatic heterocycles. The van der Waals surface area contributed by atoms with Gasteiger partial charge < -0.3 is 4.90 Å². The molecule has 3 aromatic carbocycles. The molecule has 1 aliphatic carbocycles. The van der Waals surface area contributed by atoms with Crippen molar-refractivity contribution in [2.75, 3.05) is 4.90 Å². The molecule has 0 saturated carbocycles. The summed E-state index contributed by atoms with van der Waals surface area (Å²) in [6, 6.07) is 19.0. The van der Waals surface area contributed by atoms with Crippen LogP contribution in [0.3, 0.4) is 0 Å². The predicted molar refractivity (Wildman–Crippen MR) is 137 cm³/mol. The van der Waals surface area contributed by atoms with Gasteiger partial charge in [0.05, 0.1) is 12.1 Å². The molecule has 36 heavy (non-hydrogen) atoms. The van der Waals surface area contributed by atoms with Crippen molar-refractivity contribution >= 4 is 29.1 Å². The Kier molecular flexibility index (Phi) is 4.75. The van der Waals surface area contributed by atoms with Crippen molar-refractivity contribution in [3.8, 4) is 0 Å². The van der Waals surface area contributed by atoms with Gasteiger partial charge in [-0.25, -0.2) is 4.39 Å². The lowest BCUT2D eigenvalue weighted by Gasteiger charge is -2.38. The maximum Gasteiger partial charge on any atom is 0.180 e. The Labute approximate surface area is 209 Å². The van der Waals surface area contributed by atoms with Crippen molar-refractivity contribution in [3.05, 3.63) is 107 Å². The standard InChI is InChI=1S/C31H26FNO3/c1-30(2,3)29(36)26-25(21-13-7-8-14-22(21)32)31(27(34)19-11-5-6-12-20(19)28(31)35)24-17-16-18-10-4-9-15-23(18)33(24)26/h4-17,24-26H,1-3H3/t24-,25+,26-/m0/s1. The van der Waals surface area contributed by atoms with Gasteiger partial charge in [-0.2, -0.15) is 0 Å². The van der Waals surface area contributed by atoms with Gasteiger partial charge in [0.25, 0.3) is 0 Å². The molecule has 6 rings (SSSR count). The van der Waals surface area contributed by atoms with Crippen molar-refractivity contribution in [3.63, 3.8) is 0 Å². The molecule has 1 saturated heterocycles. The summed E-state index contributed by atoms with van der Waals surface area (Å²) in [7, 11) is 0. The molecule has 1 spiro atoms. The number of halogens is 1. The average Bonchev–Trinajstić information content (AvgIpc) is 3.30. The Morgan fingerprint density at radius 1 is 0.861 bits per heavy atom. The first kappa shape index (κ1) is 22.6. The van der Waals surface area contributed by atoms with E-state index in [-0.39, 0.29) is 22.9 Å². The van der Waals surface area contributed by atoms with E-state index in [0.717, 1.165) is 11.3 Å². The summed E-state index contributed by atoms with van der Waals surface area (Å²) < 4.78 is 15.6. The van der Waals surface area contributed by atoms with Gasteiger partial charge in [-0.05, 0) is 23.3 Å². The van der Waals surface area contributed by atoms with E-state index in [9.17, 15) is 14.4 Å². The number of rotatable bonds is 2. The summed E-state index contributed by atoms with van der Waals surface area (Å²) in [6.07, 6.45) is 3.76. The number of hydrogen-bond acceptors (Lipinski definition) is 4. The number of anilines is 1. The first-order chi connectivity index (χ1) is 17.2. The molecule has 0 N–H and O–H groups in total. The van der Waals surface area contributed by atoms with Crippen LogP contribution >= 0.6 is 0 Å². The second-order valence-electron chi connectivity index (χ2n) is 10.9. The van der Waals surface area contributed by atoms with E-state index in [2.05, 4.69) is 0 Å². The minimum absolute atomic E-state index is 0.140. The number of carbonyl (C=O) groups excluding carboxylic acids is 3. The summed E-state index contributed by atoms with van der Waals surface area (Å²) in [4.78, 5) is 45.0. The van der Waals surface area contributed by atoms with Gasteiger partial charge in [0.2, 0.25) is 0 Å². The topological polar surface area (TPSA) is 54.5 Å². The maximum atomic E-state index is 15.6. The van der Waals surface area contributed by atoms with E-state index in [1.54, 1.807) is 42.5 Å². The van der Waals surface area contributed by atoms with Crippen molar-refractivity contribution in [2.45, 2.75) is 38.8 Å². The van der Waals surface area contributed by atoms with E-state index in [1.807, 2.05) is 62.1 Å². The molecule has 0 bridgehead atoms. The highest BCUT2D eigenvalue weighted by Crippen LogP contribution is 2.61. The number of para-hydroxylation sites is 1. The lowest BCUT2D eigenvalue weighted by molar-refractivity contribution is -0.127. The van der Waals surface area contributed by atoms with Gasteiger partial charge in [-0.1, -0.05) is 93.6 Å². The third-order valence-corrected chi connectivity index (χ3v) is 7.96. The Balaban J connectivity index is 1.72. The Morgan fingerprint density at radius 3 is 2.08 bits per heavy atom. The number of ketones is 3. The van der Waals surface area contributed by atoms with Crippen molar-refractivity contribution < 1.29 is 18.8 Å². The number of hydrogen-bond donors (Lipinski definition) is 0. The third kappa shape index (κ3) is 2.77. The van der Waals surface area contributed by atoms with Gasteiger partial charge in [0, 0.05) is 28.1 Å². The summed E-state index contributed by atoms with van der Waals surface area (Å²) in [5.41, 5.74) is 0.0802. The lowest BCUT2D eigenvalue weighted by atomic mass is 9.63. The SMILES string of the molecule is CC(C)(C)C(=O)[C@@H]1[C@@H](c2ccccc2F)C2(C(=O)c3ccccc3C2=O)[C@@H]2C=Cc3ccccc3N12. The van der Waals surface area contributed by atoms with Gasteiger partial charge in [0.15, 0.2) is 17.3 Å². The third-order valence-electron chi connectivity index (χ3n) is 7.96. The van der Waals surface area contributed by atoms with E-state index >= 15 is 4.39 Å². The fourth-order valence-electron chi connectivity index (χ4n) is 6.43. The number of benzene rings is 3. The zero-order valence-electron chi connectivity index (χ0n) is 20.4. The van der Waals surface area contributed by atoms with Crippen LogP contribution in [0, 0.1) is 16.6 Å². The maximum absolute atomic E-state index is 15.6. The van der Waals surface area contributed by atoms with Gasteiger partial charge in [-0.15, -0.1) is 0 Å². The van der Waals surface area contributed by atoms with Crippen LogP contribution in [0.5, 0.6) is 0 Å². The molecule has 0 radical (unpaired) electrons. The molecular formula is C31H26FNO3. The molecule has 0 amide bonds. The highest BCUT2D eigenvalue weighted by Gasteiger charge is 2.72.